The molecule has 170 valence electrons. The lowest BCUT2D eigenvalue weighted by Gasteiger charge is -2.42. The summed E-state index contributed by atoms with van der Waals surface area (Å²) in [6.45, 7) is 7.43. The van der Waals surface area contributed by atoms with Crippen LogP contribution < -0.4 is 10.6 Å². The number of halogens is 1. The first kappa shape index (κ1) is 21.9. The molecule has 8 heteroatoms. The lowest BCUT2D eigenvalue weighted by atomic mass is 9.97. The Balaban J connectivity index is 1.28. The van der Waals surface area contributed by atoms with Crippen molar-refractivity contribution in [1.29, 1.82) is 0 Å². The maximum atomic E-state index is 14.1. The molecule has 0 aliphatic carbocycles. The number of rotatable bonds is 4. The Labute approximate surface area is 183 Å². The van der Waals surface area contributed by atoms with Crippen LogP contribution >= 0.6 is 0 Å². The summed E-state index contributed by atoms with van der Waals surface area (Å²) in [5, 5.41) is 6.42. The number of carbonyl (C=O) groups excluding carboxylic acids is 2. The number of ether oxygens (including phenoxy) is 1. The molecule has 0 radical (unpaired) electrons. The Kier molecular flexibility index (Phi) is 6.65. The van der Waals surface area contributed by atoms with Gasteiger partial charge in [0.2, 0.25) is 5.91 Å². The molecule has 1 aromatic carbocycles. The number of nitrogens with one attached hydrogen (secondary N) is 2. The molecule has 7 nitrogen and oxygen atoms in total. The van der Waals surface area contributed by atoms with Gasteiger partial charge in [0.1, 0.15) is 11.9 Å². The van der Waals surface area contributed by atoms with E-state index in [9.17, 15) is 14.0 Å². The summed E-state index contributed by atoms with van der Waals surface area (Å²) in [5.41, 5.74) is 2.34. The smallest absolute Gasteiger partial charge is 0.409 e. The molecule has 2 saturated heterocycles. The fourth-order valence-electron chi connectivity index (χ4n) is 5.11. The summed E-state index contributed by atoms with van der Waals surface area (Å²) in [7, 11) is 0. The predicted molar refractivity (Wildman–Crippen MR) is 117 cm³/mol. The number of benzene rings is 1. The fourth-order valence-corrected chi connectivity index (χ4v) is 5.11. The quantitative estimate of drug-likeness (QED) is 0.765. The van der Waals surface area contributed by atoms with Gasteiger partial charge in [0.15, 0.2) is 0 Å². The van der Waals surface area contributed by atoms with E-state index in [4.69, 9.17) is 4.74 Å². The van der Waals surface area contributed by atoms with Crippen molar-refractivity contribution >= 4 is 17.7 Å². The van der Waals surface area contributed by atoms with Crippen molar-refractivity contribution in [2.45, 2.75) is 64.1 Å². The summed E-state index contributed by atoms with van der Waals surface area (Å²) in [6, 6.07) is 3.32. The van der Waals surface area contributed by atoms with Gasteiger partial charge in [-0.15, -0.1) is 0 Å². The lowest BCUT2D eigenvalue weighted by molar-refractivity contribution is -0.122. The summed E-state index contributed by atoms with van der Waals surface area (Å²) < 4.78 is 19.2. The van der Waals surface area contributed by atoms with Crippen LogP contribution in [0, 0.1) is 12.7 Å². The van der Waals surface area contributed by atoms with Crippen LogP contribution in [0.25, 0.3) is 0 Å². The summed E-state index contributed by atoms with van der Waals surface area (Å²) in [5.74, 6) is -0.305. The maximum Gasteiger partial charge on any atom is 0.409 e. The third kappa shape index (κ3) is 4.79. The van der Waals surface area contributed by atoms with Crippen LogP contribution in [0.4, 0.5) is 14.9 Å². The van der Waals surface area contributed by atoms with Crippen LogP contribution in [0.15, 0.2) is 12.1 Å². The van der Waals surface area contributed by atoms with Gasteiger partial charge < -0.3 is 20.3 Å². The zero-order chi connectivity index (χ0) is 22.0. The number of aryl methyl sites for hydroxylation is 1. The molecule has 31 heavy (non-hydrogen) atoms. The number of carbonyl (C=O) groups is 2. The molecule has 4 rings (SSSR count). The molecule has 2 N–H and O–H groups in total. The average Bonchev–Trinajstić information content (AvgIpc) is 3.24. The lowest BCUT2D eigenvalue weighted by Crippen LogP contribution is -2.55. The van der Waals surface area contributed by atoms with Crippen molar-refractivity contribution in [2.75, 3.05) is 38.1 Å². The molecule has 0 bridgehead atoms. The summed E-state index contributed by atoms with van der Waals surface area (Å²) in [4.78, 5) is 29.1. The largest absolute Gasteiger partial charge is 0.450 e. The van der Waals surface area contributed by atoms with E-state index in [0.29, 0.717) is 37.7 Å². The van der Waals surface area contributed by atoms with Crippen molar-refractivity contribution in [2.24, 2.45) is 0 Å². The van der Waals surface area contributed by atoms with E-state index in [1.807, 2.05) is 13.8 Å². The van der Waals surface area contributed by atoms with Gasteiger partial charge in [-0.3, -0.25) is 9.69 Å². The van der Waals surface area contributed by atoms with Gasteiger partial charge in [0, 0.05) is 49.4 Å². The molecular weight excluding hydrogens is 399 g/mol. The molecule has 3 aliphatic heterocycles. The third-order valence-corrected chi connectivity index (χ3v) is 6.81. The number of fused-ring (bicyclic) bond motifs is 1. The molecule has 1 aromatic rings. The molecule has 2 fully saturated rings. The van der Waals surface area contributed by atoms with Gasteiger partial charge >= 0.3 is 6.09 Å². The van der Waals surface area contributed by atoms with Gasteiger partial charge in [-0.2, -0.15) is 0 Å². The Bertz CT molecular complexity index is 794. The molecule has 0 saturated carbocycles. The fraction of sp³-hybridized carbons (Fsp3) is 0.652. The van der Waals surface area contributed by atoms with Crippen molar-refractivity contribution in [3.8, 4) is 0 Å². The van der Waals surface area contributed by atoms with Gasteiger partial charge in [0.05, 0.1) is 6.61 Å². The second kappa shape index (κ2) is 9.42. The Hall–Kier alpha value is -2.35. The van der Waals surface area contributed by atoms with E-state index in [1.54, 1.807) is 11.0 Å². The highest BCUT2D eigenvalue weighted by atomic mass is 19.1. The van der Waals surface area contributed by atoms with Crippen molar-refractivity contribution in [3.63, 3.8) is 0 Å². The second-order valence-corrected chi connectivity index (χ2v) is 8.88. The molecule has 2 amide bonds. The maximum absolute atomic E-state index is 14.1. The number of piperidine rings is 2. The van der Waals surface area contributed by atoms with Crippen molar-refractivity contribution in [1.82, 2.24) is 15.1 Å². The highest BCUT2D eigenvalue weighted by Crippen LogP contribution is 2.31. The number of hydrogen-bond acceptors (Lipinski definition) is 5. The molecular formula is C23H33FN4O3. The van der Waals surface area contributed by atoms with Crippen LogP contribution in [-0.2, 0) is 16.0 Å². The minimum atomic E-state index is -0.422. The molecule has 0 spiro atoms. The van der Waals surface area contributed by atoms with Gasteiger partial charge in [-0.1, -0.05) is 6.07 Å². The summed E-state index contributed by atoms with van der Waals surface area (Å²) in [6.07, 6.45) is 4.01. The van der Waals surface area contributed by atoms with E-state index < -0.39 is 6.04 Å². The van der Waals surface area contributed by atoms with Crippen LogP contribution in [-0.4, -0.2) is 72.7 Å². The van der Waals surface area contributed by atoms with Gasteiger partial charge in [0.25, 0.3) is 0 Å². The zero-order valence-electron chi connectivity index (χ0n) is 18.5. The highest BCUT2D eigenvalue weighted by Gasteiger charge is 2.34. The van der Waals surface area contributed by atoms with E-state index in [-0.39, 0.29) is 23.9 Å². The van der Waals surface area contributed by atoms with E-state index in [2.05, 4.69) is 15.5 Å². The van der Waals surface area contributed by atoms with Gasteiger partial charge in [-0.25, -0.2) is 9.18 Å². The number of hydrogen-bond donors (Lipinski definition) is 2. The van der Waals surface area contributed by atoms with E-state index >= 15 is 0 Å². The Morgan fingerprint density at radius 3 is 2.71 bits per heavy atom. The standard InChI is InChI=1S/C23H33FN4O3/c1-3-31-23(30)27-11-8-17(9-12-27)28-10-4-5-16(14-28)25-22(29)20-13-18-19(24)7-6-15(2)21(18)26-20/h6-7,16-17,20,26H,3-5,8-14H2,1-2H3,(H,25,29)/t16-,20?/m1/s1. The number of nitrogens with zero attached hydrogens (tertiary/aromatic N) is 2. The topological polar surface area (TPSA) is 73.9 Å². The minimum Gasteiger partial charge on any atom is -0.450 e. The first-order chi connectivity index (χ1) is 15.0. The Morgan fingerprint density at radius 2 is 2.00 bits per heavy atom. The normalized spacial score (nSPS) is 24.4. The van der Waals surface area contributed by atoms with Crippen LogP contribution in [0.3, 0.4) is 0 Å². The Morgan fingerprint density at radius 1 is 1.23 bits per heavy atom. The molecule has 3 aliphatic rings. The van der Waals surface area contributed by atoms with E-state index in [1.165, 1.54) is 6.07 Å². The van der Waals surface area contributed by atoms with Crippen molar-refractivity contribution in [3.05, 3.63) is 29.1 Å². The van der Waals surface area contributed by atoms with Gasteiger partial charge in [-0.05, 0) is 57.7 Å². The number of anilines is 1. The first-order valence-corrected chi connectivity index (χ1v) is 11.5. The number of likely N-dealkylation sites (tertiary alicyclic amines) is 2. The first-order valence-electron chi connectivity index (χ1n) is 11.5. The summed E-state index contributed by atoms with van der Waals surface area (Å²) >= 11 is 0. The van der Waals surface area contributed by atoms with Crippen LogP contribution in [0.5, 0.6) is 0 Å². The minimum absolute atomic E-state index is 0.0565. The third-order valence-electron chi connectivity index (χ3n) is 6.81. The molecule has 0 aromatic heterocycles. The van der Waals surface area contributed by atoms with E-state index in [0.717, 1.165) is 50.0 Å². The highest BCUT2D eigenvalue weighted by molar-refractivity contribution is 5.88. The molecule has 3 heterocycles. The SMILES string of the molecule is CCOC(=O)N1CCC(N2CCC[C@@H](NC(=O)C3Cc4c(F)ccc(C)c4N3)C2)CC1. The average molecular weight is 433 g/mol. The van der Waals surface area contributed by atoms with Crippen LogP contribution in [0.1, 0.15) is 43.7 Å². The second-order valence-electron chi connectivity index (χ2n) is 8.88. The zero-order valence-corrected chi connectivity index (χ0v) is 18.5. The van der Waals surface area contributed by atoms with Crippen molar-refractivity contribution < 1.29 is 18.7 Å². The van der Waals surface area contributed by atoms with Crippen LogP contribution in [0.2, 0.25) is 0 Å². The monoisotopic (exact) mass is 432 g/mol. The molecule has 2 atom stereocenters. The number of amides is 2. The predicted octanol–water partition coefficient (Wildman–Crippen LogP) is 2.67. The molecule has 1 unspecified atom stereocenters.